The van der Waals surface area contributed by atoms with Crippen LogP contribution in [-0.4, -0.2) is 35.2 Å². The van der Waals surface area contributed by atoms with Crippen molar-refractivity contribution < 1.29 is 4.74 Å². The maximum Gasteiger partial charge on any atom is 0.108 e. The monoisotopic (exact) mass is 196 g/mol. The number of nitrogens with zero attached hydrogens (tertiary/aromatic N) is 3. The van der Waals surface area contributed by atoms with Crippen molar-refractivity contribution in [2.75, 3.05) is 20.2 Å². The molecule has 1 saturated heterocycles. The van der Waals surface area contributed by atoms with E-state index in [9.17, 15) is 0 Å². The Morgan fingerprint density at radius 1 is 1.71 bits per heavy atom. The molecule has 0 unspecified atom stereocenters. The first kappa shape index (κ1) is 9.61. The molecule has 2 heterocycles. The zero-order chi connectivity index (χ0) is 9.80. The van der Waals surface area contributed by atoms with Gasteiger partial charge in [-0.1, -0.05) is 5.21 Å². The summed E-state index contributed by atoms with van der Waals surface area (Å²) in [5.74, 6) is 0.701. The zero-order valence-electron chi connectivity index (χ0n) is 8.44. The third kappa shape index (κ3) is 2.30. The van der Waals surface area contributed by atoms with Gasteiger partial charge in [0, 0.05) is 13.7 Å². The van der Waals surface area contributed by atoms with Crippen molar-refractivity contribution in [1.29, 1.82) is 0 Å². The van der Waals surface area contributed by atoms with Crippen LogP contribution >= 0.6 is 0 Å². The lowest BCUT2D eigenvalue weighted by molar-refractivity contribution is 0.181. The normalized spacial score (nSPS) is 21.6. The number of methoxy groups -OCH3 is 1. The molecule has 14 heavy (non-hydrogen) atoms. The molecule has 0 radical (unpaired) electrons. The maximum atomic E-state index is 4.98. The van der Waals surface area contributed by atoms with Crippen molar-refractivity contribution >= 4 is 0 Å². The summed E-state index contributed by atoms with van der Waals surface area (Å²) < 4.78 is 6.89. The van der Waals surface area contributed by atoms with E-state index in [-0.39, 0.29) is 0 Å². The molecule has 1 aliphatic heterocycles. The molecule has 1 aromatic rings. The first-order chi connectivity index (χ1) is 6.88. The average molecular weight is 196 g/mol. The third-order valence-electron chi connectivity index (χ3n) is 2.49. The molecular weight excluding hydrogens is 180 g/mol. The van der Waals surface area contributed by atoms with E-state index in [4.69, 9.17) is 4.74 Å². The van der Waals surface area contributed by atoms with E-state index in [0.717, 1.165) is 25.3 Å². The van der Waals surface area contributed by atoms with Crippen molar-refractivity contribution in [3.05, 3.63) is 11.9 Å². The van der Waals surface area contributed by atoms with Crippen molar-refractivity contribution in [1.82, 2.24) is 20.3 Å². The van der Waals surface area contributed by atoms with E-state index in [1.807, 2.05) is 10.9 Å². The quantitative estimate of drug-likeness (QED) is 0.738. The fourth-order valence-corrected chi connectivity index (χ4v) is 1.78. The van der Waals surface area contributed by atoms with Gasteiger partial charge in [-0.25, -0.2) is 0 Å². The van der Waals surface area contributed by atoms with Gasteiger partial charge in [0.2, 0.25) is 0 Å². The van der Waals surface area contributed by atoms with Gasteiger partial charge >= 0.3 is 0 Å². The van der Waals surface area contributed by atoms with Crippen LogP contribution < -0.4 is 5.32 Å². The minimum atomic E-state index is 0.545. The van der Waals surface area contributed by atoms with Crippen molar-refractivity contribution in [2.45, 2.75) is 19.6 Å². The predicted molar refractivity (Wildman–Crippen MR) is 51.7 cm³/mol. The largest absolute Gasteiger partial charge is 0.378 e. The van der Waals surface area contributed by atoms with Crippen LogP contribution in [0, 0.1) is 5.92 Å². The Hall–Kier alpha value is -0.940. The lowest BCUT2D eigenvalue weighted by atomic mass is 10.1. The topological polar surface area (TPSA) is 52.0 Å². The van der Waals surface area contributed by atoms with Gasteiger partial charge in [0.05, 0.1) is 12.8 Å². The van der Waals surface area contributed by atoms with Gasteiger partial charge < -0.3 is 10.1 Å². The van der Waals surface area contributed by atoms with Crippen LogP contribution in [-0.2, 0) is 17.9 Å². The van der Waals surface area contributed by atoms with Crippen LogP contribution in [0.1, 0.15) is 12.1 Å². The van der Waals surface area contributed by atoms with Crippen molar-refractivity contribution in [3.63, 3.8) is 0 Å². The highest BCUT2D eigenvalue weighted by Gasteiger charge is 2.15. The van der Waals surface area contributed by atoms with Gasteiger partial charge in [-0.15, -0.1) is 5.10 Å². The Balaban J connectivity index is 1.88. The van der Waals surface area contributed by atoms with Gasteiger partial charge in [-0.3, -0.25) is 4.68 Å². The summed E-state index contributed by atoms with van der Waals surface area (Å²) in [7, 11) is 1.67. The maximum absolute atomic E-state index is 4.98. The number of ether oxygens (including phenoxy) is 1. The number of hydrogen-bond donors (Lipinski definition) is 1. The molecule has 0 saturated carbocycles. The van der Waals surface area contributed by atoms with Crippen LogP contribution in [0.3, 0.4) is 0 Å². The van der Waals surface area contributed by atoms with Crippen molar-refractivity contribution in [2.24, 2.45) is 5.92 Å². The molecule has 78 valence electrons. The number of aromatic nitrogens is 3. The van der Waals surface area contributed by atoms with E-state index in [2.05, 4.69) is 15.6 Å². The molecule has 0 aliphatic carbocycles. The van der Waals surface area contributed by atoms with Crippen LogP contribution in [0.4, 0.5) is 0 Å². The Labute approximate surface area is 83.4 Å². The standard InChI is InChI=1S/C9H16N4O/c1-14-7-9-6-13(12-11-9)5-8-2-3-10-4-8/h6,8,10H,2-5,7H2,1H3/t8-/m0/s1. The summed E-state index contributed by atoms with van der Waals surface area (Å²) in [6.45, 7) is 3.73. The third-order valence-corrected chi connectivity index (χ3v) is 2.49. The smallest absolute Gasteiger partial charge is 0.108 e. The SMILES string of the molecule is COCc1cn(C[C@H]2CCNC2)nn1. The van der Waals surface area contributed by atoms with Crippen LogP contribution in [0.5, 0.6) is 0 Å². The molecule has 5 heteroatoms. The average Bonchev–Trinajstić information content (AvgIpc) is 2.79. The zero-order valence-corrected chi connectivity index (χ0v) is 8.44. The molecule has 1 aromatic heterocycles. The lowest BCUT2D eigenvalue weighted by Crippen LogP contribution is -2.14. The van der Waals surface area contributed by atoms with E-state index in [0.29, 0.717) is 12.5 Å². The molecule has 0 aromatic carbocycles. The molecule has 0 bridgehead atoms. The van der Waals surface area contributed by atoms with Gasteiger partial charge in [-0.2, -0.15) is 0 Å². The molecule has 5 nitrogen and oxygen atoms in total. The first-order valence-electron chi connectivity index (χ1n) is 4.97. The fourth-order valence-electron chi connectivity index (χ4n) is 1.78. The second-order valence-corrected chi connectivity index (χ2v) is 3.72. The molecular formula is C9H16N4O. The number of rotatable bonds is 4. The lowest BCUT2D eigenvalue weighted by Gasteiger charge is -2.06. The Bertz CT molecular complexity index is 280. The summed E-state index contributed by atoms with van der Waals surface area (Å²) >= 11 is 0. The van der Waals surface area contributed by atoms with E-state index in [1.54, 1.807) is 7.11 Å². The van der Waals surface area contributed by atoms with E-state index < -0.39 is 0 Å². The van der Waals surface area contributed by atoms with E-state index in [1.165, 1.54) is 6.42 Å². The molecule has 1 aliphatic rings. The Morgan fingerprint density at radius 3 is 3.36 bits per heavy atom. The summed E-state index contributed by atoms with van der Waals surface area (Å²) in [5, 5.41) is 11.4. The van der Waals surface area contributed by atoms with Crippen LogP contribution in [0.15, 0.2) is 6.20 Å². The predicted octanol–water partition coefficient (Wildman–Crippen LogP) is 0.0340. The molecule has 0 spiro atoms. The van der Waals surface area contributed by atoms with Gasteiger partial charge in [0.25, 0.3) is 0 Å². The summed E-state index contributed by atoms with van der Waals surface area (Å²) in [6.07, 6.45) is 3.20. The van der Waals surface area contributed by atoms with Gasteiger partial charge in [0.15, 0.2) is 0 Å². The summed E-state index contributed by atoms with van der Waals surface area (Å²) in [6, 6.07) is 0. The second-order valence-electron chi connectivity index (χ2n) is 3.72. The number of hydrogen-bond acceptors (Lipinski definition) is 4. The minimum Gasteiger partial charge on any atom is -0.378 e. The fraction of sp³-hybridized carbons (Fsp3) is 0.778. The molecule has 1 atom stereocenters. The highest BCUT2D eigenvalue weighted by Crippen LogP contribution is 2.09. The van der Waals surface area contributed by atoms with Gasteiger partial charge in [0.1, 0.15) is 5.69 Å². The first-order valence-corrected chi connectivity index (χ1v) is 4.97. The van der Waals surface area contributed by atoms with Crippen LogP contribution in [0.25, 0.3) is 0 Å². The van der Waals surface area contributed by atoms with E-state index >= 15 is 0 Å². The molecule has 2 rings (SSSR count). The highest BCUT2D eigenvalue weighted by molar-refractivity contribution is 4.90. The number of nitrogens with one attached hydrogen (secondary N) is 1. The second kappa shape index (κ2) is 4.52. The highest BCUT2D eigenvalue weighted by atomic mass is 16.5. The summed E-state index contributed by atoms with van der Waals surface area (Å²) in [4.78, 5) is 0. The van der Waals surface area contributed by atoms with Gasteiger partial charge in [-0.05, 0) is 25.4 Å². The van der Waals surface area contributed by atoms with Crippen LogP contribution in [0.2, 0.25) is 0 Å². The van der Waals surface area contributed by atoms with Crippen molar-refractivity contribution in [3.8, 4) is 0 Å². The molecule has 0 amide bonds. The molecule has 1 fully saturated rings. The summed E-state index contributed by atoms with van der Waals surface area (Å²) in [5.41, 5.74) is 0.901. The molecule has 1 N–H and O–H groups in total. The minimum absolute atomic E-state index is 0.545. The Morgan fingerprint density at radius 2 is 2.64 bits per heavy atom. The Kier molecular flexibility index (Phi) is 3.10.